The van der Waals surface area contributed by atoms with Gasteiger partial charge in [0, 0.05) is 11.4 Å². The molecule has 0 saturated carbocycles. The van der Waals surface area contributed by atoms with Gasteiger partial charge in [-0.05, 0) is 30.5 Å². The SMILES string of the molecule is CCCC(C#N)(CCC)C(=O)C(Cc1ccc(Cl)cc1)n1cncn1. The number of hydrogen-bond donors (Lipinski definition) is 0. The van der Waals surface area contributed by atoms with Crippen LogP contribution in [0.15, 0.2) is 36.9 Å². The summed E-state index contributed by atoms with van der Waals surface area (Å²) in [5.41, 5.74) is -0.00917. The second-order valence-electron chi connectivity index (χ2n) is 6.28. The van der Waals surface area contributed by atoms with Gasteiger partial charge in [0.25, 0.3) is 0 Å². The molecule has 0 radical (unpaired) electrons. The Labute approximate surface area is 153 Å². The first-order chi connectivity index (χ1) is 12.1. The quantitative estimate of drug-likeness (QED) is 0.666. The molecule has 6 heteroatoms. The van der Waals surface area contributed by atoms with Crippen LogP contribution in [0.1, 0.15) is 51.1 Å². The Hall–Kier alpha value is -2.19. The average Bonchev–Trinajstić information content (AvgIpc) is 3.14. The number of aromatic nitrogens is 3. The molecule has 0 N–H and O–H groups in total. The van der Waals surface area contributed by atoms with Gasteiger partial charge in [-0.2, -0.15) is 10.4 Å². The van der Waals surface area contributed by atoms with Gasteiger partial charge in [-0.1, -0.05) is 50.4 Å². The predicted octanol–water partition coefficient (Wildman–Crippen LogP) is 4.39. The maximum atomic E-state index is 13.4. The highest BCUT2D eigenvalue weighted by atomic mass is 35.5. The summed E-state index contributed by atoms with van der Waals surface area (Å²) in [6.07, 6.45) is 6.09. The first-order valence-corrected chi connectivity index (χ1v) is 8.98. The number of benzene rings is 1. The molecule has 1 heterocycles. The summed E-state index contributed by atoms with van der Waals surface area (Å²) in [5.74, 6) is -0.0841. The fourth-order valence-electron chi connectivity index (χ4n) is 3.24. The molecule has 0 aliphatic carbocycles. The Kier molecular flexibility index (Phi) is 6.72. The monoisotopic (exact) mass is 358 g/mol. The molecule has 2 rings (SSSR count). The van der Waals surface area contributed by atoms with Crippen molar-refractivity contribution in [3.8, 4) is 6.07 Å². The number of rotatable bonds is 9. The van der Waals surface area contributed by atoms with E-state index >= 15 is 0 Å². The highest BCUT2D eigenvalue weighted by Gasteiger charge is 2.42. The van der Waals surface area contributed by atoms with Crippen LogP contribution >= 0.6 is 11.6 Å². The second kappa shape index (κ2) is 8.77. The van der Waals surface area contributed by atoms with E-state index in [0.29, 0.717) is 24.3 Å². The Morgan fingerprint density at radius 3 is 2.40 bits per heavy atom. The maximum Gasteiger partial charge on any atom is 0.177 e. The molecule has 5 nitrogen and oxygen atoms in total. The van der Waals surface area contributed by atoms with E-state index in [4.69, 9.17) is 11.6 Å². The van der Waals surface area contributed by atoms with Gasteiger partial charge in [0.2, 0.25) is 0 Å². The van der Waals surface area contributed by atoms with Gasteiger partial charge in [-0.15, -0.1) is 0 Å². The van der Waals surface area contributed by atoms with E-state index in [-0.39, 0.29) is 5.78 Å². The summed E-state index contributed by atoms with van der Waals surface area (Å²) in [7, 11) is 0. The normalized spacial score (nSPS) is 12.6. The van der Waals surface area contributed by atoms with Gasteiger partial charge in [-0.25, -0.2) is 9.67 Å². The number of carbonyl (C=O) groups excluding carboxylic acids is 1. The molecular formula is C19H23ClN4O. The number of carbonyl (C=O) groups is 1. The number of hydrogen-bond acceptors (Lipinski definition) is 4. The van der Waals surface area contributed by atoms with E-state index in [9.17, 15) is 10.1 Å². The lowest BCUT2D eigenvalue weighted by Gasteiger charge is -2.29. The van der Waals surface area contributed by atoms with Crippen molar-refractivity contribution < 1.29 is 4.79 Å². The summed E-state index contributed by atoms with van der Waals surface area (Å²) >= 11 is 5.95. The summed E-state index contributed by atoms with van der Waals surface area (Å²) in [6.45, 7) is 4.00. The smallest absolute Gasteiger partial charge is 0.177 e. The number of nitriles is 1. The first-order valence-electron chi connectivity index (χ1n) is 8.60. The van der Waals surface area contributed by atoms with Crippen LogP contribution in [0.2, 0.25) is 5.02 Å². The van der Waals surface area contributed by atoms with Gasteiger partial charge in [0.1, 0.15) is 24.1 Å². The molecule has 0 aliphatic heterocycles. The molecule has 1 atom stereocenters. The molecule has 132 valence electrons. The molecule has 1 aromatic heterocycles. The van der Waals surface area contributed by atoms with E-state index < -0.39 is 11.5 Å². The molecule has 25 heavy (non-hydrogen) atoms. The van der Waals surface area contributed by atoms with E-state index in [2.05, 4.69) is 16.2 Å². The number of ketones is 1. The van der Waals surface area contributed by atoms with Crippen molar-refractivity contribution in [2.75, 3.05) is 0 Å². The van der Waals surface area contributed by atoms with Crippen molar-refractivity contribution >= 4 is 17.4 Å². The van der Waals surface area contributed by atoms with Crippen LogP contribution in [-0.4, -0.2) is 20.5 Å². The van der Waals surface area contributed by atoms with Crippen LogP contribution < -0.4 is 0 Å². The fourth-order valence-corrected chi connectivity index (χ4v) is 3.37. The van der Waals surface area contributed by atoms with E-state index in [1.807, 2.05) is 26.0 Å². The number of nitrogens with zero attached hydrogens (tertiary/aromatic N) is 4. The van der Waals surface area contributed by atoms with Crippen molar-refractivity contribution in [3.63, 3.8) is 0 Å². The zero-order valence-electron chi connectivity index (χ0n) is 14.7. The van der Waals surface area contributed by atoms with Crippen LogP contribution in [0.25, 0.3) is 0 Å². The van der Waals surface area contributed by atoms with E-state index in [0.717, 1.165) is 18.4 Å². The van der Waals surface area contributed by atoms with Gasteiger partial charge in [0.05, 0.1) is 6.07 Å². The van der Waals surface area contributed by atoms with Gasteiger partial charge in [0.15, 0.2) is 5.78 Å². The molecule has 0 bridgehead atoms. The average molecular weight is 359 g/mol. The predicted molar refractivity (Wildman–Crippen MR) is 97.1 cm³/mol. The third-order valence-electron chi connectivity index (χ3n) is 4.44. The van der Waals surface area contributed by atoms with Crippen molar-refractivity contribution in [1.29, 1.82) is 5.26 Å². The first kappa shape index (κ1) is 19.1. The summed E-state index contributed by atoms with van der Waals surface area (Å²) in [5, 5.41) is 14.6. The van der Waals surface area contributed by atoms with Crippen molar-refractivity contribution in [1.82, 2.24) is 14.8 Å². The molecule has 0 spiro atoms. The molecular weight excluding hydrogens is 336 g/mol. The Morgan fingerprint density at radius 1 is 1.28 bits per heavy atom. The Bertz CT molecular complexity index is 713. The molecule has 0 saturated heterocycles. The van der Waals surface area contributed by atoms with Crippen LogP contribution in [0, 0.1) is 16.7 Å². The molecule has 2 aromatic rings. The van der Waals surface area contributed by atoms with Gasteiger partial charge < -0.3 is 0 Å². The zero-order chi connectivity index (χ0) is 18.3. The number of halogens is 1. The molecule has 0 amide bonds. The Balaban J connectivity index is 2.38. The minimum atomic E-state index is -0.980. The van der Waals surface area contributed by atoms with Crippen molar-refractivity contribution in [3.05, 3.63) is 47.5 Å². The topological polar surface area (TPSA) is 71.6 Å². The van der Waals surface area contributed by atoms with E-state index in [1.165, 1.54) is 6.33 Å². The lowest BCUT2D eigenvalue weighted by Crippen LogP contribution is -2.37. The Morgan fingerprint density at radius 2 is 1.92 bits per heavy atom. The lowest BCUT2D eigenvalue weighted by atomic mass is 9.73. The van der Waals surface area contributed by atoms with Crippen LogP contribution in [0.3, 0.4) is 0 Å². The van der Waals surface area contributed by atoms with Crippen molar-refractivity contribution in [2.45, 2.75) is 52.0 Å². The van der Waals surface area contributed by atoms with Gasteiger partial charge >= 0.3 is 0 Å². The van der Waals surface area contributed by atoms with Crippen LogP contribution in [0.5, 0.6) is 0 Å². The number of Topliss-reactive ketones (excluding diaryl/α,β-unsaturated/α-hetero) is 1. The molecule has 1 unspecified atom stereocenters. The lowest BCUT2D eigenvalue weighted by molar-refractivity contribution is -0.130. The molecule has 1 aromatic carbocycles. The standard InChI is InChI=1S/C19H23ClN4O/c1-3-9-19(12-21,10-4-2)18(25)17(24-14-22-13-23-24)11-15-5-7-16(20)8-6-15/h5-8,13-14,17H,3-4,9-11H2,1-2H3. The third-order valence-corrected chi connectivity index (χ3v) is 4.69. The summed E-state index contributed by atoms with van der Waals surface area (Å²) in [4.78, 5) is 17.4. The fraction of sp³-hybridized carbons (Fsp3) is 0.474. The minimum Gasteiger partial charge on any atom is -0.295 e. The molecule has 0 fully saturated rings. The minimum absolute atomic E-state index is 0.0841. The maximum absolute atomic E-state index is 13.4. The highest BCUT2D eigenvalue weighted by molar-refractivity contribution is 6.30. The van der Waals surface area contributed by atoms with Crippen molar-refractivity contribution in [2.24, 2.45) is 5.41 Å². The van der Waals surface area contributed by atoms with Crippen LogP contribution in [-0.2, 0) is 11.2 Å². The largest absolute Gasteiger partial charge is 0.295 e. The molecule has 0 aliphatic rings. The van der Waals surface area contributed by atoms with Gasteiger partial charge in [-0.3, -0.25) is 4.79 Å². The highest BCUT2D eigenvalue weighted by Crippen LogP contribution is 2.35. The third kappa shape index (κ3) is 4.46. The van der Waals surface area contributed by atoms with E-state index in [1.54, 1.807) is 23.1 Å². The zero-order valence-corrected chi connectivity index (χ0v) is 15.4. The second-order valence-corrected chi connectivity index (χ2v) is 6.72. The summed E-state index contributed by atoms with van der Waals surface area (Å²) in [6, 6.07) is 9.16. The van der Waals surface area contributed by atoms with Crippen LogP contribution in [0.4, 0.5) is 0 Å². The summed E-state index contributed by atoms with van der Waals surface area (Å²) < 4.78 is 1.56.